The second-order valence-electron chi connectivity index (χ2n) is 9.61. The van der Waals surface area contributed by atoms with Crippen LogP contribution in [0.2, 0.25) is 0 Å². The van der Waals surface area contributed by atoms with Crippen molar-refractivity contribution in [2.45, 2.75) is 51.5 Å². The van der Waals surface area contributed by atoms with Gasteiger partial charge in [0.1, 0.15) is 0 Å². The summed E-state index contributed by atoms with van der Waals surface area (Å²) in [5.41, 5.74) is 2.94. The van der Waals surface area contributed by atoms with Gasteiger partial charge in [-0.05, 0) is 36.8 Å². The molecular weight excluding hydrogens is 416 g/mol. The van der Waals surface area contributed by atoms with Gasteiger partial charge in [-0.2, -0.15) is 0 Å². The monoisotopic (exact) mass is 450 g/mol. The molecule has 1 unspecified atom stereocenters. The first-order chi connectivity index (χ1) is 15.7. The molecule has 32 heavy (non-hydrogen) atoms. The van der Waals surface area contributed by atoms with E-state index in [1.54, 1.807) is 11.3 Å². The van der Waals surface area contributed by atoms with Gasteiger partial charge in [0.05, 0.1) is 5.69 Å². The minimum atomic E-state index is 0.0369. The van der Waals surface area contributed by atoms with E-state index in [-0.39, 0.29) is 5.91 Å². The van der Waals surface area contributed by atoms with Gasteiger partial charge in [-0.1, -0.05) is 62.4 Å². The first kappa shape index (κ1) is 21.7. The van der Waals surface area contributed by atoms with E-state index < -0.39 is 0 Å². The van der Waals surface area contributed by atoms with Crippen LogP contribution < -0.4 is 0 Å². The Morgan fingerprint density at radius 3 is 2.75 bits per heavy atom. The molecule has 3 heterocycles. The molecule has 170 valence electrons. The first-order valence-corrected chi connectivity index (χ1v) is 13.0. The number of benzene rings is 1. The van der Waals surface area contributed by atoms with Crippen LogP contribution in [0.5, 0.6) is 0 Å². The standard InChI is InChI=1S/C26H34N4OS/c1-28(14-12-20-8-4-2-5-9-20)25(31)24-23(30-16-17-32-26(30)27-24)19-29-15-13-22(18-29)21-10-6-3-7-11-21/h2,4-5,8-9,16-17,21-22H,3,6-7,10-15,18-19H2,1H3. The first-order valence-electron chi connectivity index (χ1n) is 12.1. The molecule has 1 aliphatic carbocycles. The van der Waals surface area contributed by atoms with Crippen molar-refractivity contribution in [3.05, 3.63) is 58.9 Å². The van der Waals surface area contributed by atoms with Gasteiger partial charge in [0.25, 0.3) is 5.91 Å². The summed E-state index contributed by atoms with van der Waals surface area (Å²) in [4.78, 5) is 23.4. The van der Waals surface area contributed by atoms with Crippen molar-refractivity contribution in [3.8, 4) is 0 Å². The Kier molecular flexibility index (Phi) is 6.60. The SMILES string of the molecule is CN(CCc1ccccc1)C(=O)c1nc2sccn2c1CN1CCC(C2CCCCC2)C1. The van der Waals surface area contributed by atoms with Crippen LogP contribution in [0.15, 0.2) is 41.9 Å². The fourth-order valence-corrected chi connectivity index (χ4v) is 6.32. The normalized spacial score (nSPS) is 20.2. The molecular formula is C26H34N4OS. The number of imidazole rings is 1. The lowest BCUT2D eigenvalue weighted by Gasteiger charge is -2.27. The van der Waals surface area contributed by atoms with Crippen LogP contribution in [0.4, 0.5) is 0 Å². The number of rotatable bonds is 7. The minimum absolute atomic E-state index is 0.0369. The molecule has 1 aromatic carbocycles. The van der Waals surface area contributed by atoms with Crippen LogP contribution in [0.1, 0.15) is 60.3 Å². The van der Waals surface area contributed by atoms with Gasteiger partial charge in [0, 0.05) is 38.3 Å². The summed E-state index contributed by atoms with van der Waals surface area (Å²) in [7, 11) is 1.90. The molecule has 1 amide bonds. The Balaban J connectivity index is 1.28. The highest BCUT2D eigenvalue weighted by atomic mass is 32.1. The molecule has 0 radical (unpaired) electrons. The van der Waals surface area contributed by atoms with Crippen molar-refractivity contribution in [2.75, 3.05) is 26.7 Å². The quantitative estimate of drug-likeness (QED) is 0.502. The zero-order chi connectivity index (χ0) is 21.9. The van der Waals surface area contributed by atoms with Crippen molar-refractivity contribution in [1.82, 2.24) is 19.2 Å². The summed E-state index contributed by atoms with van der Waals surface area (Å²) in [6.45, 7) is 3.81. The molecule has 1 saturated carbocycles. The largest absolute Gasteiger partial charge is 0.340 e. The van der Waals surface area contributed by atoms with Crippen molar-refractivity contribution in [2.24, 2.45) is 11.8 Å². The van der Waals surface area contributed by atoms with Crippen molar-refractivity contribution in [3.63, 3.8) is 0 Å². The fourth-order valence-electron chi connectivity index (χ4n) is 5.59. The number of likely N-dealkylation sites (N-methyl/N-ethyl adjacent to an activating group) is 1. The van der Waals surface area contributed by atoms with E-state index in [0.29, 0.717) is 12.2 Å². The molecule has 5 rings (SSSR count). The summed E-state index contributed by atoms with van der Waals surface area (Å²) < 4.78 is 2.14. The van der Waals surface area contributed by atoms with E-state index in [4.69, 9.17) is 4.98 Å². The molecule has 5 nitrogen and oxygen atoms in total. The van der Waals surface area contributed by atoms with Crippen molar-refractivity contribution >= 4 is 22.2 Å². The van der Waals surface area contributed by atoms with E-state index in [9.17, 15) is 4.79 Å². The zero-order valence-electron chi connectivity index (χ0n) is 19.1. The van der Waals surface area contributed by atoms with Crippen LogP contribution in [0.3, 0.4) is 0 Å². The number of aromatic nitrogens is 2. The number of likely N-dealkylation sites (tertiary alicyclic amines) is 1. The zero-order valence-corrected chi connectivity index (χ0v) is 19.9. The molecule has 0 spiro atoms. The molecule has 6 heteroatoms. The second kappa shape index (κ2) is 9.75. The number of carbonyl (C=O) groups excluding carboxylic acids is 1. The van der Waals surface area contributed by atoms with Gasteiger partial charge >= 0.3 is 0 Å². The van der Waals surface area contributed by atoms with E-state index in [2.05, 4.69) is 45.1 Å². The van der Waals surface area contributed by atoms with Crippen LogP contribution in [0, 0.1) is 11.8 Å². The smallest absolute Gasteiger partial charge is 0.274 e. The highest BCUT2D eigenvalue weighted by Crippen LogP contribution is 2.35. The summed E-state index contributed by atoms with van der Waals surface area (Å²) in [6.07, 6.45) is 11.3. The average Bonchev–Trinajstić information content (AvgIpc) is 3.56. The summed E-state index contributed by atoms with van der Waals surface area (Å²) in [5.74, 6) is 1.77. The topological polar surface area (TPSA) is 40.9 Å². The third-order valence-corrected chi connectivity index (χ3v) is 8.24. The number of hydrogen-bond acceptors (Lipinski definition) is 4. The van der Waals surface area contributed by atoms with Gasteiger partial charge in [0.2, 0.25) is 0 Å². The summed E-state index contributed by atoms with van der Waals surface area (Å²) in [6, 6.07) is 10.4. The molecule has 1 aliphatic heterocycles. The maximum atomic E-state index is 13.4. The van der Waals surface area contributed by atoms with Crippen LogP contribution in [-0.4, -0.2) is 51.8 Å². The average molecular weight is 451 g/mol. The van der Waals surface area contributed by atoms with Crippen LogP contribution in [0.25, 0.3) is 4.96 Å². The Bertz CT molecular complexity index is 1040. The lowest BCUT2D eigenvalue weighted by Crippen LogP contribution is -2.31. The van der Waals surface area contributed by atoms with Gasteiger partial charge in [-0.3, -0.25) is 14.1 Å². The number of carbonyl (C=O) groups is 1. The molecule has 3 aromatic rings. The third-order valence-electron chi connectivity index (χ3n) is 7.49. The third kappa shape index (κ3) is 4.62. The Morgan fingerprint density at radius 2 is 1.94 bits per heavy atom. The van der Waals surface area contributed by atoms with Crippen LogP contribution >= 0.6 is 11.3 Å². The van der Waals surface area contributed by atoms with Gasteiger partial charge in [-0.15, -0.1) is 11.3 Å². The highest BCUT2D eigenvalue weighted by Gasteiger charge is 2.32. The van der Waals surface area contributed by atoms with E-state index in [1.807, 2.05) is 18.0 Å². The number of thiazole rings is 1. The Labute approximate surface area is 195 Å². The van der Waals surface area contributed by atoms with Gasteiger partial charge in [0.15, 0.2) is 10.7 Å². The Morgan fingerprint density at radius 1 is 1.12 bits per heavy atom. The molecule has 1 saturated heterocycles. The maximum Gasteiger partial charge on any atom is 0.274 e. The van der Waals surface area contributed by atoms with E-state index in [0.717, 1.165) is 42.0 Å². The second-order valence-corrected chi connectivity index (χ2v) is 10.5. The lowest BCUT2D eigenvalue weighted by molar-refractivity contribution is 0.0789. The fraction of sp³-hybridized carbons (Fsp3) is 0.538. The summed E-state index contributed by atoms with van der Waals surface area (Å²) >= 11 is 1.61. The predicted molar refractivity (Wildman–Crippen MR) is 130 cm³/mol. The molecule has 1 atom stereocenters. The highest BCUT2D eigenvalue weighted by molar-refractivity contribution is 7.15. The number of hydrogen-bond donors (Lipinski definition) is 0. The lowest BCUT2D eigenvalue weighted by atomic mass is 9.80. The molecule has 0 bridgehead atoms. The maximum absolute atomic E-state index is 13.4. The van der Waals surface area contributed by atoms with Crippen molar-refractivity contribution < 1.29 is 4.79 Å². The van der Waals surface area contributed by atoms with E-state index in [1.165, 1.54) is 50.6 Å². The Hall–Kier alpha value is -2.18. The predicted octanol–water partition coefficient (Wildman–Crippen LogP) is 5.11. The van der Waals surface area contributed by atoms with Crippen LogP contribution in [-0.2, 0) is 13.0 Å². The number of amides is 1. The number of nitrogens with zero attached hydrogens (tertiary/aromatic N) is 4. The van der Waals surface area contributed by atoms with E-state index >= 15 is 0 Å². The molecule has 2 fully saturated rings. The summed E-state index contributed by atoms with van der Waals surface area (Å²) in [5, 5.41) is 2.06. The van der Waals surface area contributed by atoms with Gasteiger partial charge < -0.3 is 4.90 Å². The molecule has 0 N–H and O–H groups in total. The van der Waals surface area contributed by atoms with Crippen molar-refractivity contribution in [1.29, 1.82) is 0 Å². The van der Waals surface area contributed by atoms with Gasteiger partial charge in [-0.25, -0.2) is 4.98 Å². The minimum Gasteiger partial charge on any atom is -0.340 e. The molecule has 2 aliphatic rings. The number of fused-ring (bicyclic) bond motifs is 1. The molecule has 2 aromatic heterocycles.